The van der Waals surface area contributed by atoms with Crippen molar-refractivity contribution in [1.82, 2.24) is 15.6 Å². The van der Waals surface area contributed by atoms with Crippen LogP contribution in [0.3, 0.4) is 0 Å². The summed E-state index contributed by atoms with van der Waals surface area (Å²) < 4.78 is 5.12. The van der Waals surface area contributed by atoms with Crippen LogP contribution >= 0.6 is 36.2 Å². The van der Waals surface area contributed by atoms with Gasteiger partial charge < -0.3 is 15.1 Å². The monoisotopic (exact) mass is 432 g/mol. The van der Waals surface area contributed by atoms with E-state index in [4.69, 9.17) is 4.42 Å². The lowest BCUT2D eigenvalue weighted by Gasteiger charge is -2.14. The van der Waals surface area contributed by atoms with Crippen LogP contribution in [0.15, 0.2) is 33.8 Å². The van der Waals surface area contributed by atoms with Gasteiger partial charge in [0.1, 0.15) is 5.76 Å². The van der Waals surface area contributed by atoms with E-state index >= 15 is 0 Å². The van der Waals surface area contributed by atoms with Crippen LogP contribution in [-0.2, 0) is 11.2 Å². The summed E-state index contributed by atoms with van der Waals surface area (Å²) in [4.78, 5) is 28.4. The quantitative estimate of drug-likeness (QED) is 0.609. The molecule has 148 valence electrons. The SMILES string of the molecule is Cc1occc1C(=O)Nc1nc(CC(=O)NCC2=CCNCC2)cs1.Cl.Cl. The molecule has 0 saturated heterocycles. The molecule has 0 aliphatic carbocycles. The number of anilines is 1. The number of aromatic nitrogens is 1. The number of halogens is 2. The van der Waals surface area contributed by atoms with Crippen LogP contribution in [0.2, 0.25) is 0 Å². The highest BCUT2D eigenvalue weighted by Crippen LogP contribution is 2.18. The van der Waals surface area contributed by atoms with Crippen molar-refractivity contribution in [3.63, 3.8) is 0 Å². The number of nitrogens with one attached hydrogen (secondary N) is 3. The van der Waals surface area contributed by atoms with E-state index in [1.54, 1.807) is 18.4 Å². The van der Waals surface area contributed by atoms with Crippen molar-refractivity contribution in [1.29, 1.82) is 0 Å². The van der Waals surface area contributed by atoms with Crippen LogP contribution in [0.5, 0.6) is 0 Å². The highest BCUT2D eigenvalue weighted by molar-refractivity contribution is 7.14. The molecule has 0 radical (unpaired) electrons. The second-order valence-corrected chi connectivity index (χ2v) is 6.62. The summed E-state index contributed by atoms with van der Waals surface area (Å²) in [6.07, 6.45) is 4.74. The van der Waals surface area contributed by atoms with Crippen molar-refractivity contribution in [3.8, 4) is 0 Å². The summed E-state index contributed by atoms with van der Waals surface area (Å²) in [5.74, 6) is 0.212. The van der Waals surface area contributed by atoms with Gasteiger partial charge in [-0.1, -0.05) is 11.6 Å². The van der Waals surface area contributed by atoms with Crippen LogP contribution in [0.25, 0.3) is 0 Å². The van der Waals surface area contributed by atoms with E-state index in [-0.39, 0.29) is 43.0 Å². The smallest absolute Gasteiger partial charge is 0.260 e. The van der Waals surface area contributed by atoms with E-state index in [9.17, 15) is 9.59 Å². The number of thiazole rings is 1. The van der Waals surface area contributed by atoms with Crippen molar-refractivity contribution >= 4 is 53.1 Å². The molecule has 0 aromatic carbocycles. The first kappa shape index (κ1) is 23.2. The number of hydrogen-bond donors (Lipinski definition) is 3. The second-order valence-electron chi connectivity index (χ2n) is 5.76. The standard InChI is InChI=1S/C17H20N4O3S.2ClH/c1-11-14(4-7-24-11)16(23)21-17-20-13(10-25-17)8-15(22)19-9-12-2-5-18-6-3-12;;/h2,4,7,10,18H,3,5-6,8-9H2,1H3,(H,19,22)(H,20,21,23);2*1H. The topological polar surface area (TPSA) is 96.3 Å². The fourth-order valence-corrected chi connectivity index (χ4v) is 3.21. The van der Waals surface area contributed by atoms with Crippen LogP contribution in [0, 0.1) is 6.92 Å². The van der Waals surface area contributed by atoms with Crippen LogP contribution < -0.4 is 16.0 Å². The maximum atomic E-state index is 12.1. The molecule has 0 saturated carbocycles. The van der Waals surface area contributed by atoms with Gasteiger partial charge in [0.05, 0.1) is 23.9 Å². The first-order valence-corrected chi connectivity index (χ1v) is 8.95. The van der Waals surface area contributed by atoms with Gasteiger partial charge in [-0.3, -0.25) is 14.9 Å². The van der Waals surface area contributed by atoms with E-state index in [1.807, 2.05) is 0 Å². The first-order valence-electron chi connectivity index (χ1n) is 8.07. The molecule has 3 N–H and O–H groups in total. The second kappa shape index (κ2) is 11.1. The molecule has 2 aromatic heterocycles. The lowest BCUT2D eigenvalue weighted by molar-refractivity contribution is -0.120. The van der Waals surface area contributed by atoms with Gasteiger partial charge in [0.15, 0.2) is 5.13 Å². The lowest BCUT2D eigenvalue weighted by Crippen LogP contribution is -2.30. The number of nitrogens with zero attached hydrogens (tertiary/aromatic N) is 1. The number of rotatable bonds is 6. The molecule has 0 unspecified atom stereocenters. The van der Waals surface area contributed by atoms with Gasteiger partial charge in [-0.25, -0.2) is 4.98 Å². The molecule has 3 heterocycles. The zero-order valence-electron chi connectivity index (χ0n) is 14.7. The normalized spacial score (nSPS) is 13.0. The highest BCUT2D eigenvalue weighted by atomic mass is 35.5. The summed E-state index contributed by atoms with van der Waals surface area (Å²) in [7, 11) is 0. The Kier molecular flexibility index (Phi) is 9.51. The van der Waals surface area contributed by atoms with Gasteiger partial charge in [-0.2, -0.15) is 0 Å². The van der Waals surface area contributed by atoms with Crippen molar-refractivity contribution in [3.05, 3.63) is 46.4 Å². The fourth-order valence-electron chi connectivity index (χ4n) is 2.50. The number of aryl methyl sites for hydroxylation is 1. The number of amides is 2. The van der Waals surface area contributed by atoms with Crippen molar-refractivity contribution in [2.24, 2.45) is 0 Å². The Morgan fingerprint density at radius 1 is 1.37 bits per heavy atom. The maximum Gasteiger partial charge on any atom is 0.260 e. The predicted molar refractivity (Wildman–Crippen MR) is 110 cm³/mol. The van der Waals surface area contributed by atoms with Crippen LogP contribution in [0.4, 0.5) is 5.13 Å². The first-order chi connectivity index (χ1) is 12.1. The number of carbonyl (C=O) groups excluding carboxylic acids is 2. The molecule has 7 nitrogen and oxygen atoms in total. The Balaban J connectivity index is 0.00000182. The summed E-state index contributed by atoms with van der Waals surface area (Å²) >= 11 is 1.30. The molecule has 27 heavy (non-hydrogen) atoms. The van der Waals surface area contributed by atoms with Gasteiger partial charge in [-0.05, 0) is 26.0 Å². The van der Waals surface area contributed by atoms with E-state index < -0.39 is 0 Å². The van der Waals surface area contributed by atoms with Crippen molar-refractivity contribution < 1.29 is 14.0 Å². The van der Waals surface area contributed by atoms with Crippen LogP contribution in [-0.4, -0.2) is 36.4 Å². The van der Waals surface area contributed by atoms with Crippen molar-refractivity contribution in [2.45, 2.75) is 19.8 Å². The average molecular weight is 433 g/mol. The largest absolute Gasteiger partial charge is 0.469 e. The van der Waals surface area contributed by atoms with Gasteiger partial charge in [0.25, 0.3) is 5.91 Å². The molecule has 0 fully saturated rings. The van der Waals surface area contributed by atoms with Gasteiger partial charge in [0, 0.05) is 18.5 Å². The van der Waals surface area contributed by atoms with E-state index in [0.29, 0.717) is 28.7 Å². The Morgan fingerprint density at radius 2 is 2.19 bits per heavy atom. The van der Waals surface area contributed by atoms with Crippen LogP contribution in [0.1, 0.15) is 28.2 Å². The third-order valence-electron chi connectivity index (χ3n) is 3.89. The third-order valence-corrected chi connectivity index (χ3v) is 4.69. The minimum Gasteiger partial charge on any atom is -0.469 e. The highest BCUT2D eigenvalue weighted by Gasteiger charge is 2.14. The summed E-state index contributed by atoms with van der Waals surface area (Å²) in [6.45, 7) is 4.11. The molecule has 2 amide bonds. The van der Waals surface area contributed by atoms with Gasteiger partial charge >= 0.3 is 0 Å². The summed E-state index contributed by atoms with van der Waals surface area (Å²) in [5, 5.41) is 11.1. The molecular weight excluding hydrogens is 411 g/mol. The average Bonchev–Trinajstić information content (AvgIpc) is 3.23. The minimum atomic E-state index is -0.269. The Bertz CT molecular complexity index is 804. The Morgan fingerprint density at radius 3 is 2.85 bits per heavy atom. The molecule has 0 atom stereocenters. The third kappa shape index (κ3) is 6.66. The molecule has 1 aliphatic heterocycles. The number of furan rings is 1. The number of hydrogen-bond acceptors (Lipinski definition) is 6. The summed E-state index contributed by atoms with van der Waals surface area (Å²) in [5.41, 5.74) is 2.36. The van der Waals surface area contributed by atoms with Gasteiger partial charge in [0.2, 0.25) is 5.91 Å². The molecule has 0 spiro atoms. The molecule has 1 aliphatic rings. The molecule has 2 aromatic rings. The molecule has 0 bridgehead atoms. The number of carbonyl (C=O) groups is 2. The zero-order chi connectivity index (χ0) is 17.6. The van der Waals surface area contributed by atoms with E-state index in [2.05, 4.69) is 27.0 Å². The van der Waals surface area contributed by atoms with E-state index in [0.717, 1.165) is 19.5 Å². The van der Waals surface area contributed by atoms with Crippen molar-refractivity contribution in [2.75, 3.05) is 25.0 Å². The Labute approximate surface area is 173 Å². The Hall–Kier alpha value is -1.87. The molecular formula is C17H22Cl2N4O3S. The predicted octanol–water partition coefficient (Wildman–Crippen LogP) is 2.72. The molecule has 3 rings (SSSR count). The maximum absolute atomic E-state index is 12.1. The minimum absolute atomic E-state index is 0. The molecule has 10 heteroatoms. The van der Waals surface area contributed by atoms with E-state index in [1.165, 1.54) is 23.2 Å². The summed E-state index contributed by atoms with van der Waals surface area (Å²) in [6, 6.07) is 1.61. The zero-order valence-corrected chi connectivity index (χ0v) is 17.2. The van der Waals surface area contributed by atoms with Gasteiger partial charge in [-0.15, -0.1) is 36.2 Å². The lowest BCUT2D eigenvalue weighted by atomic mass is 10.1. The fraction of sp³-hybridized carbons (Fsp3) is 0.353.